The van der Waals surface area contributed by atoms with E-state index in [2.05, 4.69) is 10.2 Å². The van der Waals surface area contributed by atoms with Gasteiger partial charge in [0.25, 0.3) is 0 Å². The molecule has 90 valence electrons. The third-order valence-corrected chi connectivity index (χ3v) is 3.60. The van der Waals surface area contributed by atoms with Gasteiger partial charge in [0.1, 0.15) is 11.1 Å². The highest BCUT2D eigenvalue weighted by atomic mass is 32.2. The Kier molecular flexibility index (Phi) is 4.31. The van der Waals surface area contributed by atoms with Crippen molar-refractivity contribution >= 4 is 17.7 Å². The fourth-order valence-electron chi connectivity index (χ4n) is 1.06. The zero-order valence-corrected chi connectivity index (χ0v) is 10.3. The number of carboxylic acid groups (broad SMARTS) is 1. The van der Waals surface area contributed by atoms with Crippen LogP contribution in [-0.2, 0) is 16.6 Å². The molecule has 0 saturated carbocycles. The van der Waals surface area contributed by atoms with Crippen LogP contribution in [0.1, 0.15) is 13.3 Å². The van der Waals surface area contributed by atoms with Crippen molar-refractivity contribution in [2.45, 2.75) is 23.2 Å². The first-order chi connectivity index (χ1) is 7.49. The van der Waals surface area contributed by atoms with E-state index in [-0.39, 0.29) is 0 Å². The molecule has 0 fully saturated rings. The molecule has 1 N–H and O–H groups in total. The minimum absolute atomic E-state index is 0.396. The van der Waals surface area contributed by atoms with Crippen molar-refractivity contribution in [2.75, 3.05) is 13.7 Å². The molecule has 0 aliphatic carbocycles. The number of methoxy groups -OCH3 is 1. The van der Waals surface area contributed by atoms with Gasteiger partial charge in [-0.15, -0.1) is 10.2 Å². The Morgan fingerprint density at radius 2 is 2.44 bits per heavy atom. The SMILES string of the molecule is COCCC(C)(Sc1nncn1C)C(=O)O. The predicted molar refractivity (Wildman–Crippen MR) is 59.4 cm³/mol. The van der Waals surface area contributed by atoms with Crippen molar-refractivity contribution in [2.24, 2.45) is 7.05 Å². The molecule has 0 aliphatic heterocycles. The molecule has 0 radical (unpaired) electrons. The monoisotopic (exact) mass is 245 g/mol. The molecule has 1 unspecified atom stereocenters. The summed E-state index contributed by atoms with van der Waals surface area (Å²) in [6.07, 6.45) is 1.96. The lowest BCUT2D eigenvalue weighted by Gasteiger charge is -2.22. The Morgan fingerprint density at radius 1 is 1.75 bits per heavy atom. The topological polar surface area (TPSA) is 77.2 Å². The van der Waals surface area contributed by atoms with Crippen LogP contribution in [0.15, 0.2) is 11.5 Å². The maximum atomic E-state index is 11.2. The summed E-state index contributed by atoms with van der Waals surface area (Å²) < 4.78 is 5.66. The average molecular weight is 245 g/mol. The highest BCUT2D eigenvalue weighted by Crippen LogP contribution is 2.34. The summed E-state index contributed by atoms with van der Waals surface area (Å²) in [6, 6.07) is 0. The van der Waals surface area contributed by atoms with Gasteiger partial charge in [-0.05, 0) is 13.3 Å². The second-order valence-electron chi connectivity index (χ2n) is 3.61. The Morgan fingerprint density at radius 3 is 2.88 bits per heavy atom. The molecule has 1 aromatic rings. The molecule has 6 nitrogen and oxygen atoms in total. The molecule has 0 saturated heterocycles. The van der Waals surface area contributed by atoms with E-state index in [9.17, 15) is 9.90 Å². The van der Waals surface area contributed by atoms with Gasteiger partial charge in [0, 0.05) is 20.8 Å². The number of nitrogens with zero attached hydrogens (tertiary/aromatic N) is 3. The molecule has 1 heterocycles. The number of carboxylic acids is 1. The lowest BCUT2D eigenvalue weighted by Crippen LogP contribution is -2.33. The normalized spacial score (nSPS) is 14.7. The standard InChI is InChI=1S/C9H15N3O3S/c1-9(7(13)14,4-5-15-3)16-8-11-10-6-12(8)2/h6H,4-5H2,1-3H3,(H,13,14). The van der Waals surface area contributed by atoms with Crippen LogP contribution in [0.5, 0.6) is 0 Å². The highest BCUT2D eigenvalue weighted by Gasteiger charge is 2.35. The predicted octanol–water partition coefficient (Wildman–Crippen LogP) is 0.787. The van der Waals surface area contributed by atoms with Crippen molar-refractivity contribution in [1.29, 1.82) is 0 Å². The summed E-state index contributed by atoms with van der Waals surface area (Å²) in [5.41, 5.74) is 0. The smallest absolute Gasteiger partial charge is 0.320 e. The lowest BCUT2D eigenvalue weighted by molar-refractivity contribution is -0.139. The average Bonchev–Trinajstić information content (AvgIpc) is 2.61. The highest BCUT2D eigenvalue weighted by molar-refractivity contribution is 8.01. The summed E-state index contributed by atoms with van der Waals surface area (Å²) in [7, 11) is 3.33. The number of carbonyl (C=O) groups is 1. The molecule has 1 rings (SSSR count). The first-order valence-electron chi connectivity index (χ1n) is 4.75. The number of ether oxygens (including phenoxy) is 1. The molecule has 1 atom stereocenters. The minimum atomic E-state index is -0.948. The molecule has 7 heteroatoms. The van der Waals surface area contributed by atoms with Crippen LogP contribution in [0.4, 0.5) is 0 Å². The van der Waals surface area contributed by atoms with Crippen molar-refractivity contribution in [1.82, 2.24) is 14.8 Å². The van der Waals surface area contributed by atoms with Gasteiger partial charge in [-0.1, -0.05) is 11.8 Å². The number of aliphatic carboxylic acids is 1. The maximum absolute atomic E-state index is 11.2. The van der Waals surface area contributed by atoms with Crippen LogP contribution in [0.2, 0.25) is 0 Å². The minimum Gasteiger partial charge on any atom is -0.480 e. The lowest BCUT2D eigenvalue weighted by atomic mass is 10.1. The van der Waals surface area contributed by atoms with Crippen molar-refractivity contribution < 1.29 is 14.6 Å². The van der Waals surface area contributed by atoms with Gasteiger partial charge in [0.2, 0.25) is 0 Å². The van der Waals surface area contributed by atoms with Crippen LogP contribution < -0.4 is 0 Å². The fourth-order valence-corrected chi connectivity index (χ4v) is 2.02. The van der Waals surface area contributed by atoms with Gasteiger partial charge in [0.05, 0.1) is 0 Å². The molecule has 0 aliphatic rings. The zero-order valence-electron chi connectivity index (χ0n) is 9.51. The van der Waals surface area contributed by atoms with E-state index in [1.165, 1.54) is 11.8 Å². The van der Waals surface area contributed by atoms with Crippen LogP contribution in [0, 0.1) is 0 Å². The van der Waals surface area contributed by atoms with Crippen LogP contribution in [0.3, 0.4) is 0 Å². The van der Waals surface area contributed by atoms with Crippen LogP contribution in [0.25, 0.3) is 0 Å². The van der Waals surface area contributed by atoms with Crippen molar-refractivity contribution in [3.63, 3.8) is 0 Å². The quantitative estimate of drug-likeness (QED) is 0.746. The Bertz CT molecular complexity index is 369. The maximum Gasteiger partial charge on any atom is 0.320 e. The second kappa shape index (κ2) is 5.31. The van der Waals surface area contributed by atoms with E-state index < -0.39 is 10.7 Å². The third kappa shape index (κ3) is 2.96. The Hall–Kier alpha value is -1.08. The number of hydrogen-bond donors (Lipinski definition) is 1. The van der Waals surface area contributed by atoms with Gasteiger partial charge < -0.3 is 14.4 Å². The van der Waals surface area contributed by atoms with E-state index in [4.69, 9.17) is 4.74 Å². The molecular formula is C9H15N3O3S. The number of aromatic nitrogens is 3. The second-order valence-corrected chi connectivity index (χ2v) is 5.08. The van der Waals surface area contributed by atoms with Gasteiger partial charge >= 0.3 is 5.97 Å². The number of rotatable bonds is 6. The summed E-state index contributed by atoms with van der Waals surface area (Å²) in [4.78, 5) is 11.2. The molecular weight excluding hydrogens is 230 g/mol. The summed E-state index contributed by atoms with van der Waals surface area (Å²) in [6.45, 7) is 2.06. The molecule has 0 amide bonds. The summed E-state index contributed by atoms with van der Waals surface area (Å²) in [5.74, 6) is -0.877. The van der Waals surface area contributed by atoms with Crippen molar-refractivity contribution in [3.05, 3.63) is 6.33 Å². The molecule has 0 bridgehead atoms. The zero-order chi connectivity index (χ0) is 12.2. The van der Waals surface area contributed by atoms with Gasteiger partial charge in [-0.25, -0.2) is 0 Å². The molecule has 1 aromatic heterocycles. The Labute approximate surface area is 98.0 Å². The van der Waals surface area contributed by atoms with Crippen LogP contribution >= 0.6 is 11.8 Å². The van der Waals surface area contributed by atoms with E-state index in [1.54, 1.807) is 32.0 Å². The van der Waals surface area contributed by atoms with E-state index in [0.717, 1.165) is 0 Å². The largest absolute Gasteiger partial charge is 0.480 e. The number of hydrogen-bond acceptors (Lipinski definition) is 5. The summed E-state index contributed by atoms with van der Waals surface area (Å²) in [5, 5.41) is 17.4. The van der Waals surface area contributed by atoms with Gasteiger partial charge in [-0.3, -0.25) is 4.79 Å². The van der Waals surface area contributed by atoms with Gasteiger partial charge in [0.15, 0.2) is 5.16 Å². The van der Waals surface area contributed by atoms with Crippen molar-refractivity contribution in [3.8, 4) is 0 Å². The fraction of sp³-hybridized carbons (Fsp3) is 0.667. The molecule has 0 spiro atoms. The third-order valence-electron chi connectivity index (χ3n) is 2.22. The Balaban J connectivity index is 2.79. The van der Waals surface area contributed by atoms with E-state index in [1.807, 2.05) is 0 Å². The number of aryl methyl sites for hydroxylation is 1. The molecule has 0 aromatic carbocycles. The van der Waals surface area contributed by atoms with E-state index in [0.29, 0.717) is 18.2 Å². The van der Waals surface area contributed by atoms with Crippen LogP contribution in [-0.4, -0.2) is 44.3 Å². The van der Waals surface area contributed by atoms with E-state index >= 15 is 0 Å². The summed E-state index contributed by atoms with van der Waals surface area (Å²) >= 11 is 1.18. The number of thioether (sulfide) groups is 1. The van der Waals surface area contributed by atoms with Gasteiger partial charge in [-0.2, -0.15) is 0 Å². The first-order valence-corrected chi connectivity index (χ1v) is 5.56. The molecule has 16 heavy (non-hydrogen) atoms. The first kappa shape index (κ1) is 13.0.